The highest BCUT2D eigenvalue weighted by molar-refractivity contribution is 7.93. The normalized spacial score (nSPS) is 11.3. The predicted octanol–water partition coefficient (Wildman–Crippen LogP) is 1.72. The molecule has 3 aromatic rings. The maximum atomic E-state index is 12.5. The number of amides is 1. The van der Waals surface area contributed by atoms with Crippen LogP contribution in [0.3, 0.4) is 0 Å². The third-order valence-electron chi connectivity index (χ3n) is 3.33. The van der Waals surface area contributed by atoms with Crippen molar-refractivity contribution in [1.29, 1.82) is 0 Å². The molecule has 0 saturated carbocycles. The fourth-order valence-corrected chi connectivity index (χ4v) is 3.42. The first-order valence-corrected chi connectivity index (χ1v) is 8.26. The molecule has 3 rings (SSSR count). The third-order valence-corrected chi connectivity index (χ3v) is 4.75. The molecular formula is C15H14N4O3S. The summed E-state index contributed by atoms with van der Waals surface area (Å²) < 4.78 is 27.5. The number of benzene rings is 1. The number of hydrogen-bond donors (Lipinski definition) is 3. The summed E-state index contributed by atoms with van der Waals surface area (Å²) in [6, 6.07) is 9.53. The Morgan fingerprint density at radius 1 is 1.17 bits per heavy atom. The number of aromatic amines is 1. The Hall–Kier alpha value is -2.87. The first-order chi connectivity index (χ1) is 11.0. The Morgan fingerprint density at radius 2 is 1.91 bits per heavy atom. The highest BCUT2D eigenvalue weighted by atomic mass is 32.2. The number of fused-ring (bicyclic) bond motifs is 1. The molecule has 2 aromatic heterocycles. The third kappa shape index (κ3) is 2.88. The van der Waals surface area contributed by atoms with Crippen LogP contribution in [0.1, 0.15) is 10.4 Å². The molecule has 8 heteroatoms. The van der Waals surface area contributed by atoms with E-state index in [2.05, 4.69) is 20.0 Å². The molecule has 0 aliphatic rings. The number of rotatable bonds is 4. The van der Waals surface area contributed by atoms with E-state index in [-0.39, 0.29) is 10.8 Å². The molecule has 0 radical (unpaired) electrons. The molecule has 3 N–H and O–H groups in total. The molecule has 23 heavy (non-hydrogen) atoms. The van der Waals surface area contributed by atoms with Crippen molar-refractivity contribution < 1.29 is 13.2 Å². The van der Waals surface area contributed by atoms with Crippen LogP contribution in [-0.2, 0) is 10.0 Å². The quantitative estimate of drug-likeness (QED) is 0.677. The molecule has 118 valence electrons. The lowest BCUT2D eigenvalue weighted by Gasteiger charge is -2.08. The first-order valence-electron chi connectivity index (χ1n) is 6.78. The second-order valence-electron chi connectivity index (χ2n) is 4.81. The second kappa shape index (κ2) is 5.73. The Labute approximate surface area is 132 Å². The van der Waals surface area contributed by atoms with Crippen LogP contribution in [0.15, 0.2) is 53.7 Å². The number of anilines is 1. The zero-order valence-electron chi connectivity index (χ0n) is 12.2. The fourth-order valence-electron chi connectivity index (χ4n) is 2.20. The topological polar surface area (TPSA) is 104 Å². The Kier molecular flexibility index (Phi) is 3.75. The van der Waals surface area contributed by atoms with Crippen LogP contribution in [-0.4, -0.2) is 31.3 Å². The lowest BCUT2D eigenvalue weighted by molar-refractivity contribution is 0.0963. The Morgan fingerprint density at radius 3 is 2.61 bits per heavy atom. The van der Waals surface area contributed by atoms with Crippen LogP contribution in [0.25, 0.3) is 11.0 Å². The number of H-pyrrole nitrogens is 1. The molecule has 7 nitrogen and oxygen atoms in total. The van der Waals surface area contributed by atoms with E-state index in [1.54, 1.807) is 30.5 Å². The maximum Gasteiger partial charge on any atom is 0.264 e. The van der Waals surface area contributed by atoms with Crippen molar-refractivity contribution in [1.82, 2.24) is 15.3 Å². The molecule has 2 heterocycles. The van der Waals surface area contributed by atoms with E-state index in [1.807, 2.05) is 0 Å². The molecule has 0 aliphatic heterocycles. The molecular weight excluding hydrogens is 316 g/mol. The highest BCUT2D eigenvalue weighted by Gasteiger charge is 2.19. The number of aromatic nitrogens is 2. The lowest BCUT2D eigenvalue weighted by Crippen LogP contribution is -2.18. The number of pyridine rings is 1. The summed E-state index contributed by atoms with van der Waals surface area (Å²) in [6.45, 7) is 0. The largest absolute Gasteiger partial charge is 0.355 e. The first kappa shape index (κ1) is 15.0. The molecule has 0 atom stereocenters. The van der Waals surface area contributed by atoms with E-state index in [4.69, 9.17) is 0 Å². The SMILES string of the molecule is CNC(=O)c1ccc(NS(=O)(=O)c2c[nH]c3ncccc23)cc1. The van der Waals surface area contributed by atoms with E-state index in [1.165, 1.54) is 25.4 Å². The van der Waals surface area contributed by atoms with Gasteiger partial charge in [-0.05, 0) is 36.4 Å². The van der Waals surface area contributed by atoms with Crippen LogP contribution < -0.4 is 10.0 Å². The molecule has 0 unspecified atom stereocenters. The predicted molar refractivity (Wildman–Crippen MR) is 86.7 cm³/mol. The molecule has 0 aliphatic carbocycles. The number of nitrogens with one attached hydrogen (secondary N) is 3. The summed E-state index contributed by atoms with van der Waals surface area (Å²) in [7, 11) is -2.23. The minimum atomic E-state index is -3.76. The molecule has 0 fully saturated rings. The zero-order valence-corrected chi connectivity index (χ0v) is 13.0. The van der Waals surface area contributed by atoms with Gasteiger partial charge in [-0.2, -0.15) is 0 Å². The van der Waals surface area contributed by atoms with Crippen LogP contribution in [0.2, 0.25) is 0 Å². The minimum Gasteiger partial charge on any atom is -0.355 e. The van der Waals surface area contributed by atoms with E-state index in [0.717, 1.165) is 0 Å². The van der Waals surface area contributed by atoms with Crippen molar-refractivity contribution in [3.63, 3.8) is 0 Å². The van der Waals surface area contributed by atoms with Gasteiger partial charge in [0.05, 0.1) is 0 Å². The van der Waals surface area contributed by atoms with Crippen molar-refractivity contribution >= 4 is 32.7 Å². The summed E-state index contributed by atoms with van der Waals surface area (Å²) >= 11 is 0. The Bertz CT molecular complexity index is 962. The van der Waals surface area contributed by atoms with Gasteiger partial charge in [0.1, 0.15) is 10.5 Å². The second-order valence-corrected chi connectivity index (χ2v) is 6.47. The summed E-state index contributed by atoms with van der Waals surface area (Å²) in [6.07, 6.45) is 2.99. The number of sulfonamides is 1. The maximum absolute atomic E-state index is 12.5. The van der Waals surface area contributed by atoms with Gasteiger partial charge in [0, 0.05) is 36.1 Å². The number of carbonyl (C=O) groups is 1. The van der Waals surface area contributed by atoms with E-state index >= 15 is 0 Å². The number of hydrogen-bond acceptors (Lipinski definition) is 4. The molecule has 1 aromatic carbocycles. The van der Waals surface area contributed by atoms with Crippen LogP contribution in [0.4, 0.5) is 5.69 Å². The number of carbonyl (C=O) groups excluding carboxylic acids is 1. The average Bonchev–Trinajstić information content (AvgIpc) is 2.99. The van der Waals surface area contributed by atoms with Crippen molar-refractivity contribution in [2.75, 3.05) is 11.8 Å². The fraction of sp³-hybridized carbons (Fsp3) is 0.0667. The van der Waals surface area contributed by atoms with E-state index in [0.29, 0.717) is 22.3 Å². The lowest BCUT2D eigenvalue weighted by atomic mass is 10.2. The Balaban J connectivity index is 1.91. The molecule has 0 saturated heterocycles. The van der Waals surface area contributed by atoms with Gasteiger partial charge in [-0.3, -0.25) is 9.52 Å². The summed E-state index contributed by atoms with van der Waals surface area (Å²) in [5, 5.41) is 3.02. The van der Waals surface area contributed by atoms with Gasteiger partial charge < -0.3 is 10.3 Å². The van der Waals surface area contributed by atoms with Gasteiger partial charge in [-0.25, -0.2) is 13.4 Å². The van der Waals surface area contributed by atoms with Gasteiger partial charge in [0.25, 0.3) is 15.9 Å². The average molecular weight is 330 g/mol. The highest BCUT2D eigenvalue weighted by Crippen LogP contribution is 2.23. The van der Waals surface area contributed by atoms with Gasteiger partial charge >= 0.3 is 0 Å². The monoisotopic (exact) mass is 330 g/mol. The van der Waals surface area contributed by atoms with Gasteiger partial charge in [0.15, 0.2) is 0 Å². The van der Waals surface area contributed by atoms with Gasteiger partial charge in [0.2, 0.25) is 0 Å². The van der Waals surface area contributed by atoms with Crippen LogP contribution >= 0.6 is 0 Å². The minimum absolute atomic E-state index is 0.121. The van der Waals surface area contributed by atoms with Crippen molar-refractivity contribution in [3.8, 4) is 0 Å². The van der Waals surface area contributed by atoms with Gasteiger partial charge in [-0.15, -0.1) is 0 Å². The van der Waals surface area contributed by atoms with E-state index in [9.17, 15) is 13.2 Å². The standard InChI is InChI=1S/C15H14N4O3S/c1-16-15(20)10-4-6-11(7-5-10)19-23(21,22)13-9-18-14-12(13)3-2-8-17-14/h2-9,19H,1H3,(H,16,20)(H,17,18). The van der Waals surface area contributed by atoms with Crippen molar-refractivity contribution in [3.05, 3.63) is 54.4 Å². The van der Waals surface area contributed by atoms with Crippen molar-refractivity contribution in [2.24, 2.45) is 0 Å². The van der Waals surface area contributed by atoms with Crippen LogP contribution in [0.5, 0.6) is 0 Å². The van der Waals surface area contributed by atoms with Crippen LogP contribution in [0, 0.1) is 0 Å². The molecule has 0 bridgehead atoms. The smallest absolute Gasteiger partial charge is 0.264 e. The zero-order chi connectivity index (χ0) is 16.4. The molecule has 0 spiro atoms. The summed E-state index contributed by atoms with van der Waals surface area (Å²) in [5.41, 5.74) is 1.32. The van der Waals surface area contributed by atoms with E-state index < -0.39 is 10.0 Å². The van der Waals surface area contributed by atoms with Gasteiger partial charge in [-0.1, -0.05) is 0 Å². The van der Waals surface area contributed by atoms with Crippen molar-refractivity contribution in [2.45, 2.75) is 4.90 Å². The summed E-state index contributed by atoms with van der Waals surface area (Å²) in [4.78, 5) is 18.5. The summed E-state index contributed by atoms with van der Waals surface area (Å²) in [5.74, 6) is -0.234. The molecule has 1 amide bonds. The number of nitrogens with zero attached hydrogens (tertiary/aromatic N) is 1.